The number of nitrogens with one attached hydrogen (secondary N) is 7. The van der Waals surface area contributed by atoms with Gasteiger partial charge >= 0.3 is 5.97 Å². The number of amides is 6. The molecule has 0 saturated carbocycles. The van der Waals surface area contributed by atoms with Gasteiger partial charge in [0.1, 0.15) is 30.2 Å². The van der Waals surface area contributed by atoms with Gasteiger partial charge in [0.25, 0.3) is 0 Å². The summed E-state index contributed by atoms with van der Waals surface area (Å²) in [6.45, 7) is 3.05. The standard InChI is InChI=1S/C35H51N9O8/c1-21(34(50)44-17-7-11-28(44)35(51)52)40-33(49)27(18-22-19-39-24-9-3-2-8-23(22)24)43-31(47)25(42-32(48)26-13-14-30(46)41-26)10-4-5-16-38-29(45)12-6-15-37-20-36/h2-3,8-9,19,21,25-28,37,39H,4-7,10-18,20,36H2,1H3,(H,38,45)(H,40,49)(H,41,46)(H,42,48)(H,43,47)(H,51,52). The van der Waals surface area contributed by atoms with Gasteiger partial charge in [-0.1, -0.05) is 18.2 Å². The number of likely N-dealkylation sites (tertiary alicyclic amines) is 1. The van der Waals surface area contributed by atoms with Crippen LogP contribution in [0.3, 0.4) is 0 Å². The second-order valence-corrected chi connectivity index (χ2v) is 13.3. The highest BCUT2D eigenvalue weighted by atomic mass is 16.4. The maximum absolute atomic E-state index is 13.9. The Labute approximate surface area is 301 Å². The molecule has 5 unspecified atom stereocenters. The van der Waals surface area contributed by atoms with Crippen LogP contribution in [0.4, 0.5) is 0 Å². The Morgan fingerprint density at radius 3 is 2.48 bits per heavy atom. The number of aromatic nitrogens is 1. The van der Waals surface area contributed by atoms with E-state index in [0.717, 1.165) is 16.5 Å². The number of rotatable bonds is 20. The molecule has 0 aliphatic carbocycles. The summed E-state index contributed by atoms with van der Waals surface area (Å²) in [4.78, 5) is 94.2. The van der Waals surface area contributed by atoms with E-state index in [4.69, 9.17) is 5.73 Å². The van der Waals surface area contributed by atoms with Crippen LogP contribution >= 0.6 is 0 Å². The van der Waals surface area contributed by atoms with Crippen LogP contribution in [-0.4, -0.2) is 113 Å². The molecule has 5 atom stereocenters. The third-order valence-electron chi connectivity index (χ3n) is 9.37. The zero-order valence-electron chi connectivity index (χ0n) is 29.5. The molecule has 2 fully saturated rings. The number of hydrogen-bond donors (Lipinski definition) is 9. The van der Waals surface area contributed by atoms with Gasteiger partial charge in [0, 0.05) is 56.1 Å². The van der Waals surface area contributed by atoms with Gasteiger partial charge in [0.2, 0.25) is 35.4 Å². The number of unbranched alkanes of at least 4 members (excludes halogenated alkanes) is 1. The van der Waals surface area contributed by atoms with Gasteiger partial charge in [-0.05, 0) is 70.0 Å². The summed E-state index contributed by atoms with van der Waals surface area (Å²) in [7, 11) is 0. The number of para-hydroxylation sites is 1. The molecule has 1 aromatic heterocycles. The Bertz CT molecular complexity index is 1600. The van der Waals surface area contributed by atoms with Crippen LogP contribution in [0, 0.1) is 0 Å². The monoisotopic (exact) mass is 725 g/mol. The number of hydrogen-bond acceptors (Lipinski definition) is 9. The van der Waals surface area contributed by atoms with Crippen LogP contribution in [0.25, 0.3) is 10.9 Å². The molecule has 2 saturated heterocycles. The lowest BCUT2D eigenvalue weighted by atomic mass is 10.0. The molecule has 6 amide bonds. The lowest BCUT2D eigenvalue weighted by molar-refractivity contribution is -0.149. The minimum atomic E-state index is -1.19. The summed E-state index contributed by atoms with van der Waals surface area (Å²) >= 11 is 0. The number of aromatic amines is 1. The number of fused-ring (bicyclic) bond motifs is 1. The number of aliphatic carboxylic acids is 1. The summed E-state index contributed by atoms with van der Waals surface area (Å²) in [5.74, 6) is -3.86. The molecule has 284 valence electrons. The fourth-order valence-corrected chi connectivity index (χ4v) is 6.53. The Kier molecular flexibility index (Phi) is 14.9. The third-order valence-corrected chi connectivity index (χ3v) is 9.37. The Hall–Kier alpha value is -5.03. The number of benzene rings is 1. The number of nitrogens with zero attached hydrogens (tertiary/aromatic N) is 1. The SMILES string of the molecule is CC(NC(=O)C(Cc1c[nH]c2ccccc12)NC(=O)C(CCCCNC(=O)CCCNCN)NC(=O)C1CCC(=O)N1)C(=O)N1CCCC1C(=O)O. The number of carbonyl (C=O) groups excluding carboxylic acids is 6. The van der Waals surface area contributed by atoms with Crippen molar-refractivity contribution in [2.24, 2.45) is 5.73 Å². The van der Waals surface area contributed by atoms with Crippen LogP contribution in [0.1, 0.15) is 70.3 Å². The molecule has 52 heavy (non-hydrogen) atoms. The first-order valence-electron chi connectivity index (χ1n) is 17.9. The molecule has 10 N–H and O–H groups in total. The molecule has 0 spiro atoms. The fraction of sp³-hybridized carbons (Fsp3) is 0.571. The van der Waals surface area contributed by atoms with Crippen molar-refractivity contribution >= 4 is 52.3 Å². The molecule has 0 radical (unpaired) electrons. The van der Waals surface area contributed by atoms with Gasteiger partial charge in [0.05, 0.1) is 0 Å². The Balaban J connectivity index is 1.46. The summed E-state index contributed by atoms with van der Waals surface area (Å²) in [5, 5.41) is 27.0. The topological polar surface area (TPSA) is 257 Å². The van der Waals surface area contributed by atoms with Crippen molar-refractivity contribution in [3.8, 4) is 0 Å². The largest absolute Gasteiger partial charge is 0.480 e. The molecule has 17 nitrogen and oxygen atoms in total. The van der Waals surface area contributed by atoms with Crippen molar-refractivity contribution in [2.75, 3.05) is 26.3 Å². The quantitative estimate of drug-likeness (QED) is 0.0601. The molecule has 2 aliphatic heterocycles. The van der Waals surface area contributed by atoms with E-state index in [1.807, 2.05) is 24.3 Å². The molecular weight excluding hydrogens is 674 g/mol. The molecule has 1 aromatic carbocycles. The Morgan fingerprint density at radius 2 is 1.75 bits per heavy atom. The summed E-state index contributed by atoms with van der Waals surface area (Å²) in [6.07, 6.45) is 5.19. The van der Waals surface area contributed by atoms with E-state index < -0.39 is 59.8 Å². The summed E-state index contributed by atoms with van der Waals surface area (Å²) in [5.41, 5.74) is 6.94. The highest BCUT2D eigenvalue weighted by molar-refractivity contribution is 5.97. The van der Waals surface area contributed by atoms with E-state index in [-0.39, 0.29) is 44.0 Å². The highest BCUT2D eigenvalue weighted by Crippen LogP contribution is 2.21. The van der Waals surface area contributed by atoms with Gasteiger partial charge in [-0.15, -0.1) is 0 Å². The third kappa shape index (κ3) is 11.2. The van der Waals surface area contributed by atoms with E-state index in [9.17, 15) is 38.7 Å². The van der Waals surface area contributed by atoms with Crippen molar-refractivity contribution in [3.63, 3.8) is 0 Å². The second-order valence-electron chi connectivity index (χ2n) is 13.3. The van der Waals surface area contributed by atoms with Gasteiger partial charge in [-0.3, -0.25) is 28.8 Å². The molecule has 17 heteroatoms. The van der Waals surface area contributed by atoms with E-state index in [2.05, 4.69) is 36.9 Å². The van der Waals surface area contributed by atoms with Crippen LogP contribution in [0.5, 0.6) is 0 Å². The molecule has 0 bridgehead atoms. The van der Waals surface area contributed by atoms with Crippen LogP contribution in [0.15, 0.2) is 30.5 Å². The number of carboxylic acids is 1. The van der Waals surface area contributed by atoms with Gasteiger partial charge in [-0.25, -0.2) is 4.79 Å². The van der Waals surface area contributed by atoms with Crippen molar-refractivity contribution in [3.05, 3.63) is 36.0 Å². The van der Waals surface area contributed by atoms with E-state index >= 15 is 0 Å². The first kappa shape index (κ1) is 39.8. The van der Waals surface area contributed by atoms with Crippen LogP contribution in [0.2, 0.25) is 0 Å². The van der Waals surface area contributed by atoms with Crippen molar-refractivity contribution in [2.45, 2.75) is 101 Å². The molecular formula is C35H51N9O8. The zero-order valence-corrected chi connectivity index (χ0v) is 29.5. The van der Waals surface area contributed by atoms with Gasteiger partial charge < -0.3 is 52.6 Å². The van der Waals surface area contributed by atoms with Gasteiger partial charge in [-0.2, -0.15) is 0 Å². The molecule has 4 rings (SSSR count). The van der Waals surface area contributed by atoms with Crippen molar-refractivity contribution < 1.29 is 38.7 Å². The second kappa shape index (κ2) is 19.5. The van der Waals surface area contributed by atoms with Gasteiger partial charge in [0.15, 0.2) is 0 Å². The number of H-pyrrole nitrogens is 1. The molecule has 3 heterocycles. The normalized spacial score (nSPS) is 18.7. The number of carbonyl (C=O) groups is 7. The first-order chi connectivity index (χ1) is 25.0. The first-order valence-corrected chi connectivity index (χ1v) is 17.9. The maximum atomic E-state index is 13.9. The minimum absolute atomic E-state index is 0.0378. The predicted molar refractivity (Wildman–Crippen MR) is 190 cm³/mol. The molecule has 2 aromatic rings. The van der Waals surface area contributed by atoms with Crippen LogP contribution in [-0.2, 0) is 40.0 Å². The average Bonchev–Trinajstić information content (AvgIpc) is 3.89. The maximum Gasteiger partial charge on any atom is 0.326 e. The zero-order chi connectivity index (χ0) is 37.6. The smallest absolute Gasteiger partial charge is 0.326 e. The van der Waals surface area contributed by atoms with Crippen LogP contribution < -0.4 is 37.6 Å². The molecule has 2 aliphatic rings. The summed E-state index contributed by atoms with van der Waals surface area (Å²) in [6, 6.07) is 2.33. The fourth-order valence-electron chi connectivity index (χ4n) is 6.53. The van der Waals surface area contributed by atoms with Crippen molar-refractivity contribution in [1.82, 2.24) is 41.8 Å². The highest BCUT2D eigenvalue weighted by Gasteiger charge is 2.37. The lowest BCUT2D eigenvalue weighted by Crippen LogP contribution is -2.58. The number of carboxylic acid groups (broad SMARTS) is 1. The van der Waals surface area contributed by atoms with E-state index in [1.54, 1.807) is 6.20 Å². The Morgan fingerprint density at radius 1 is 0.981 bits per heavy atom. The minimum Gasteiger partial charge on any atom is -0.480 e. The van der Waals surface area contributed by atoms with E-state index in [0.29, 0.717) is 58.3 Å². The predicted octanol–water partition coefficient (Wildman–Crippen LogP) is -0.889. The average molecular weight is 726 g/mol. The number of nitrogens with two attached hydrogens (primary N) is 1. The van der Waals surface area contributed by atoms with E-state index in [1.165, 1.54) is 11.8 Å². The van der Waals surface area contributed by atoms with Crippen molar-refractivity contribution in [1.29, 1.82) is 0 Å². The summed E-state index contributed by atoms with van der Waals surface area (Å²) < 4.78 is 0. The lowest BCUT2D eigenvalue weighted by Gasteiger charge is -2.28.